The number of nitrogens with zero attached hydrogens (tertiary/aromatic N) is 2. The number of aryl methyl sites for hydroxylation is 2. The number of carbonyl (C=O) groups excluding carboxylic acids is 1. The molecular weight excluding hydrogens is 264 g/mol. The van der Waals surface area contributed by atoms with Gasteiger partial charge in [-0.1, -0.05) is 0 Å². The molecule has 0 aliphatic carbocycles. The summed E-state index contributed by atoms with van der Waals surface area (Å²) < 4.78 is 6.56. The number of aromatic nitrogens is 2. The van der Waals surface area contributed by atoms with Crippen molar-refractivity contribution in [2.24, 2.45) is 7.05 Å². The van der Waals surface area contributed by atoms with Crippen molar-refractivity contribution in [2.75, 3.05) is 7.11 Å². The number of nitrogens with one attached hydrogen (secondary N) is 2. The molecule has 0 bridgehead atoms. The van der Waals surface area contributed by atoms with Gasteiger partial charge in [0.2, 0.25) is 0 Å². The van der Waals surface area contributed by atoms with Crippen molar-refractivity contribution >= 4 is 23.3 Å². The lowest BCUT2D eigenvalue weighted by atomic mass is 9.96. The van der Waals surface area contributed by atoms with Crippen LogP contribution in [0.25, 0.3) is 0 Å². The van der Waals surface area contributed by atoms with Gasteiger partial charge < -0.3 is 15.4 Å². The summed E-state index contributed by atoms with van der Waals surface area (Å²) in [7, 11) is 3.20. The second-order valence-electron chi connectivity index (χ2n) is 4.41. The molecular formula is C12H16N4O2S. The number of hydrogen-bond acceptors (Lipinski definition) is 4. The average Bonchev–Trinajstić information content (AvgIpc) is 2.66. The summed E-state index contributed by atoms with van der Waals surface area (Å²) in [5.41, 5.74) is 2.97. The van der Waals surface area contributed by atoms with Gasteiger partial charge >= 0.3 is 5.97 Å². The van der Waals surface area contributed by atoms with E-state index in [1.54, 1.807) is 11.6 Å². The molecule has 1 aromatic rings. The monoisotopic (exact) mass is 280 g/mol. The molecule has 2 N–H and O–H groups in total. The molecule has 1 atom stereocenters. The Hall–Kier alpha value is -1.89. The van der Waals surface area contributed by atoms with E-state index in [1.807, 2.05) is 20.2 Å². The van der Waals surface area contributed by atoms with Crippen LogP contribution in [0.2, 0.25) is 0 Å². The molecule has 0 unspecified atom stereocenters. The van der Waals surface area contributed by atoms with Gasteiger partial charge in [0.1, 0.15) is 0 Å². The van der Waals surface area contributed by atoms with E-state index in [9.17, 15) is 4.79 Å². The molecule has 0 saturated carbocycles. The number of carbonyl (C=O) groups is 1. The number of esters is 1. The van der Waals surface area contributed by atoms with Crippen LogP contribution >= 0.6 is 12.2 Å². The zero-order chi connectivity index (χ0) is 14.2. The van der Waals surface area contributed by atoms with Gasteiger partial charge in [-0.25, -0.2) is 4.79 Å². The summed E-state index contributed by atoms with van der Waals surface area (Å²) in [6, 6.07) is -0.338. The summed E-state index contributed by atoms with van der Waals surface area (Å²) >= 11 is 5.15. The molecule has 19 heavy (non-hydrogen) atoms. The molecule has 0 aromatic carbocycles. The highest BCUT2D eigenvalue weighted by Crippen LogP contribution is 2.28. The molecule has 0 spiro atoms. The molecule has 0 amide bonds. The Morgan fingerprint density at radius 3 is 2.74 bits per heavy atom. The predicted molar refractivity (Wildman–Crippen MR) is 74.3 cm³/mol. The third-order valence-corrected chi connectivity index (χ3v) is 3.26. The van der Waals surface area contributed by atoms with Crippen LogP contribution < -0.4 is 10.6 Å². The van der Waals surface area contributed by atoms with Crippen LogP contribution in [0.5, 0.6) is 0 Å². The Morgan fingerprint density at radius 2 is 2.21 bits per heavy atom. The van der Waals surface area contributed by atoms with Crippen molar-refractivity contribution in [1.82, 2.24) is 20.4 Å². The van der Waals surface area contributed by atoms with E-state index in [-0.39, 0.29) is 12.0 Å². The highest BCUT2D eigenvalue weighted by molar-refractivity contribution is 7.80. The van der Waals surface area contributed by atoms with Crippen molar-refractivity contribution in [3.63, 3.8) is 0 Å². The SMILES string of the molecule is COC(=O)C1=C(C)NC(=S)N[C@@H]1c1cn(C)nc1C. The lowest BCUT2D eigenvalue weighted by molar-refractivity contribution is -0.136. The number of ether oxygens (including phenoxy) is 1. The van der Waals surface area contributed by atoms with E-state index >= 15 is 0 Å². The van der Waals surface area contributed by atoms with Crippen LogP contribution in [0.15, 0.2) is 17.5 Å². The normalized spacial score (nSPS) is 18.9. The van der Waals surface area contributed by atoms with Crippen LogP contribution in [0, 0.1) is 6.92 Å². The molecule has 102 valence electrons. The van der Waals surface area contributed by atoms with Crippen LogP contribution in [-0.4, -0.2) is 28.0 Å². The van der Waals surface area contributed by atoms with Gasteiger partial charge in [0.05, 0.1) is 24.4 Å². The van der Waals surface area contributed by atoms with Crippen LogP contribution in [-0.2, 0) is 16.6 Å². The Morgan fingerprint density at radius 1 is 1.53 bits per heavy atom. The highest BCUT2D eigenvalue weighted by atomic mass is 32.1. The van der Waals surface area contributed by atoms with Gasteiger partial charge in [-0.05, 0) is 26.1 Å². The summed E-state index contributed by atoms with van der Waals surface area (Å²) in [5, 5.41) is 10.8. The first-order valence-corrected chi connectivity index (χ1v) is 6.21. The molecule has 1 aliphatic rings. The van der Waals surface area contributed by atoms with Crippen molar-refractivity contribution in [2.45, 2.75) is 19.9 Å². The Kier molecular flexibility index (Phi) is 3.57. The minimum Gasteiger partial charge on any atom is -0.466 e. The predicted octanol–water partition coefficient (Wildman–Crippen LogP) is 0.694. The molecule has 1 aliphatic heterocycles. The zero-order valence-corrected chi connectivity index (χ0v) is 12.1. The third kappa shape index (κ3) is 2.46. The molecule has 7 heteroatoms. The minimum atomic E-state index is -0.381. The first-order chi connectivity index (χ1) is 8.93. The van der Waals surface area contributed by atoms with Gasteiger partial charge in [0, 0.05) is 24.5 Å². The van der Waals surface area contributed by atoms with Crippen LogP contribution in [0.4, 0.5) is 0 Å². The molecule has 1 aromatic heterocycles. The van der Waals surface area contributed by atoms with E-state index in [0.717, 1.165) is 11.3 Å². The van der Waals surface area contributed by atoms with Crippen molar-refractivity contribution in [1.29, 1.82) is 0 Å². The first-order valence-electron chi connectivity index (χ1n) is 5.80. The fourth-order valence-electron chi connectivity index (χ4n) is 2.21. The maximum Gasteiger partial charge on any atom is 0.337 e. The first kappa shape index (κ1) is 13.5. The van der Waals surface area contributed by atoms with Crippen molar-refractivity contribution < 1.29 is 9.53 Å². The molecule has 2 rings (SSSR count). The fraction of sp³-hybridized carbons (Fsp3) is 0.417. The number of hydrogen-bond donors (Lipinski definition) is 2. The minimum absolute atomic E-state index is 0.338. The number of thiocarbonyl (C=S) groups is 1. The van der Waals surface area contributed by atoms with E-state index in [1.165, 1.54) is 7.11 Å². The number of allylic oxidation sites excluding steroid dienone is 1. The van der Waals surface area contributed by atoms with Gasteiger partial charge in [0.15, 0.2) is 5.11 Å². The highest BCUT2D eigenvalue weighted by Gasteiger charge is 2.32. The molecule has 2 heterocycles. The third-order valence-electron chi connectivity index (χ3n) is 3.04. The number of rotatable bonds is 2. The van der Waals surface area contributed by atoms with Gasteiger partial charge in [-0.3, -0.25) is 4.68 Å². The van der Waals surface area contributed by atoms with E-state index in [4.69, 9.17) is 17.0 Å². The maximum absolute atomic E-state index is 12.0. The molecule has 6 nitrogen and oxygen atoms in total. The smallest absolute Gasteiger partial charge is 0.337 e. The van der Waals surface area contributed by atoms with Crippen LogP contribution in [0.3, 0.4) is 0 Å². The summed E-state index contributed by atoms with van der Waals surface area (Å²) in [5.74, 6) is -0.381. The number of methoxy groups -OCH3 is 1. The Labute approximate surface area is 116 Å². The lowest BCUT2D eigenvalue weighted by Crippen LogP contribution is -2.45. The van der Waals surface area contributed by atoms with Crippen molar-refractivity contribution in [3.05, 3.63) is 28.7 Å². The Bertz CT molecular complexity index is 576. The van der Waals surface area contributed by atoms with E-state index < -0.39 is 0 Å². The quantitative estimate of drug-likeness (QED) is 0.614. The Balaban J connectivity index is 2.52. The maximum atomic E-state index is 12.0. The van der Waals surface area contributed by atoms with E-state index in [0.29, 0.717) is 16.4 Å². The van der Waals surface area contributed by atoms with Crippen LogP contribution in [0.1, 0.15) is 24.2 Å². The van der Waals surface area contributed by atoms with Gasteiger partial charge in [0.25, 0.3) is 0 Å². The van der Waals surface area contributed by atoms with Gasteiger partial charge in [-0.2, -0.15) is 5.10 Å². The molecule has 0 saturated heterocycles. The summed E-state index contributed by atoms with van der Waals surface area (Å²) in [4.78, 5) is 12.0. The average molecular weight is 280 g/mol. The lowest BCUT2D eigenvalue weighted by Gasteiger charge is -2.29. The largest absolute Gasteiger partial charge is 0.466 e. The fourth-order valence-corrected chi connectivity index (χ4v) is 2.48. The van der Waals surface area contributed by atoms with Gasteiger partial charge in [-0.15, -0.1) is 0 Å². The second kappa shape index (κ2) is 5.00. The summed E-state index contributed by atoms with van der Waals surface area (Å²) in [6.45, 7) is 3.70. The second-order valence-corrected chi connectivity index (χ2v) is 4.81. The molecule has 0 radical (unpaired) electrons. The molecule has 0 fully saturated rings. The van der Waals surface area contributed by atoms with E-state index in [2.05, 4.69) is 15.7 Å². The zero-order valence-electron chi connectivity index (χ0n) is 11.3. The summed E-state index contributed by atoms with van der Waals surface area (Å²) in [6.07, 6.45) is 1.87. The topological polar surface area (TPSA) is 68.2 Å². The standard InChI is InChI=1S/C12H16N4O2S/c1-6-8(5-16(3)15-6)10-9(11(17)18-4)7(2)13-12(19)14-10/h5,10H,1-4H3,(H2,13,14,19)/t10-/m1/s1. The van der Waals surface area contributed by atoms with Crippen molar-refractivity contribution in [3.8, 4) is 0 Å².